The van der Waals surface area contributed by atoms with E-state index in [0.29, 0.717) is 17.5 Å². The number of aromatic nitrogens is 3. The summed E-state index contributed by atoms with van der Waals surface area (Å²) in [5.74, 6) is 1.86. The van der Waals surface area contributed by atoms with Crippen LogP contribution < -0.4 is 26.2 Å². The molecule has 14 rings (SSSR count). The highest BCUT2D eigenvalue weighted by molar-refractivity contribution is 7.00. The second kappa shape index (κ2) is 22.5. The summed E-state index contributed by atoms with van der Waals surface area (Å²) in [6.07, 6.45) is 0. The molecule has 0 spiro atoms. The Kier molecular flexibility index (Phi) is 14.6. The predicted molar refractivity (Wildman–Crippen MR) is 387 cm³/mol. The van der Waals surface area contributed by atoms with Gasteiger partial charge in [-0.05, 0) is 190 Å². The van der Waals surface area contributed by atoms with Crippen molar-refractivity contribution in [2.24, 2.45) is 0 Å². The summed E-state index contributed by atoms with van der Waals surface area (Å²) in [5, 5.41) is 0. The monoisotopic (exact) mass is 1180 g/mol. The molecule has 0 atom stereocenters. The van der Waals surface area contributed by atoms with Crippen LogP contribution in [0.15, 0.2) is 255 Å². The highest BCUT2D eigenvalue weighted by Gasteiger charge is 2.44. The summed E-state index contributed by atoms with van der Waals surface area (Å²) in [5.41, 5.74) is 26.4. The van der Waals surface area contributed by atoms with E-state index in [1.807, 2.05) is 0 Å². The number of rotatable bonds is 9. The van der Waals surface area contributed by atoms with Crippen molar-refractivity contribution in [3.63, 3.8) is 0 Å². The van der Waals surface area contributed by atoms with Crippen molar-refractivity contribution in [2.45, 2.75) is 105 Å². The first-order valence-corrected chi connectivity index (χ1v) is 32.2. The highest BCUT2D eigenvalue weighted by Crippen LogP contribution is 2.49. The molecule has 0 saturated carbocycles. The summed E-state index contributed by atoms with van der Waals surface area (Å²) in [7, 11) is 0. The van der Waals surface area contributed by atoms with E-state index in [2.05, 4.69) is 348 Å². The molecular weight excluding hydrogens is 1100 g/mol. The van der Waals surface area contributed by atoms with Gasteiger partial charge in [0.05, 0.1) is 0 Å². The van der Waals surface area contributed by atoms with Gasteiger partial charge in [-0.2, -0.15) is 0 Å². The van der Waals surface area contributed by atoms with Crippen LogP contribution in [-0.2, 0) is 21.7 Å². The lowest BCUT2D eigenvalue weighted by Gasteiger charge is -2.44. The van der Waals surface area contributed by atoms with E-state index < -0.39 is 0 Å². The lowest BCUT2D eigenvalue weighted by Crippen LogP contribution is -2.61. The van der Waals surface area contributed by atoms with E-state index in [0.717, 1.165) is 95.3 Å². The van der Waals surface area contributed by atoms with Crippen molar-refractivity contribution < 1.29 is 0 Å². The Balaban J connectivity index is 1.12. The van der Waals surface area contributed by atoms with Crippen LogP contribution in [0.2, 0.25) is 0 Å². The van der Waals surface area contributed by atoms with Crippen molar-refractivity contribution in [3.05, 3.63) is 277 Å². The normalized spacial score (nSPS) is 13.0. The van der Waals surface area contributed by atoms with Gasteiger partial charge in [0.15, 0.2) is 17.5 Å². The molecule has 0 fully saturated rings. The second-order valence-electron chi connectivity index (χ2n) is 29.1. The number of fused-ring (bicyclic) bond motifs is 4. The van der Waals surface area contributed by atoms with E-state index in [-0.39, 0.29) is 28.4 Å². The SMILES string of the molecule is CC(C)(C)c1cc(-c2nc(-c3cc(C(C)(C)C)cc(C(C)(C)C)c3)nc(-c3cc4c5c(c3)N(c3cc(-c6ccccc6)cc(-c6ccccc6)c3)c3ccccc3B5c3ccccc3N4c3cc(-c4ccccc4)cc(-c4ccccc4)c3)n2)cc(C(C)(C)C)c1. The van der Waals surface area contributed by atoms with Gasteiger partial charge < -0.3 is 9.80 Å². The third-order valence-electron chi connectivity index (χ3n) is 18.4. The van der Waals surface area contributed by atoms with Gasteiger partial charge in [0, 0.05) is 50.8 Å². The van der Waals surface area contributed by atoms with Gasteiger partial charge in [0.2, 0.25) is 0 Å². The molecule has 11 aromatic carbocycles. The summed E-state index contributed by atoms with van der Waals surface area (Å²) in [6, 6.07) is 94.4. The number of anilines is 6. The number of nitrogens with zero attached hydrogens (tertiary/aromatic N) is 5. The third kappa shape index (κ3) is 11.3. The van der Waals surface area contributed by atoms with Crippen LogP contribution in [0.5, 0.6) is 0 Å². The zero-order valence-corrected chi connectivity index (χ0v) is 54.6. The average Bonchev–Trinajstić information content (AvgIpc) is 0.715. The molecule has 5 nitrogen and oxygen atoms in total. The lowest BCUT2D eigenvalue weighted by molar-refractivity contribution is 0.568. The summed E-state index contributed by atoms with van der Waals surface area (Å²) in [6.45, 7) is 27.4. The fourth-order valence-electron chi connectivity index (χ4n) is 13.3. The van der Waals surface area contributed by atoms with Gasteiger partial charge in [-0.25, -0.2) is 15.0 Å². The zero-order chi connectivity index (χ0) is 63.1. The molecule has 446 valence electrons. The van der Waals surface area contributed by atoms with Crippen molar-refractivity contribution in [2.75, 3.05) is 9.80 Å². The van der Waals surface area contributed by atoms with Crippen LogP contribution in [0.3, 0.4) is 0 Å². The maximum Gasteiger partial charge on any atom is 0.252 e. The van der Waals surface area contributed by atoms with Crippen LogP contribution >= 0.6 is 0 Å². The molecular formula is C85H78BN5. The predicted octanol–water partition coefficient (Wildman–Crippen LogP) is 20.8. The standard InChI is InChI=1S/C85H78BN5/c1-82(2,3)66-43-63(44-67(53-66)83(4,5)6)79-87-80(64-45-68(84(7,8)9)54-69(46-64)85(10,11)12)89-81(88-79)65-51-76-78-77(52-65)91(71-49-61(57-33-21-15-22-34-57)42-62(50-71)58-35-23-16-24-36-58)75-40-28-26-38-73(75)86(78)72-37-25-27-39-74(72)90(76)70-47-59(55-29-17-13-18-30-55)41-60(48-70)56-31-19-14-20-32-56/h13-54H,1-12H3. The smallest absolute Gasteiger partial charge is 0.252 e. The van der Waals surface area contributed by atoms with Crippen molar-refractivity contribution in [1.29, 1.82) is 0 Å². The molecule has 91 heavy (non-hydrogen) atoms. The van der Waals surface area contributed by atoms with Crippen molar-refractivity contribution in [1.82, 2.24) is 15.0 Å². The minimum atomic E-state index is -0.148. The second-order valence-corrected chi connectivity index (χ2v) is 29.1. The third-order valence-corrected chi connectivity index (χ3v) is 18.4. The van der Waals surface area contributed by atoms with Crippen LogP contribution in [0.1, 0.15) is 105 Å². The molecule has 12 aromatic rings. The summed E-state index contributed by atoms with van der Waals surface area (Å²) < 4.78 is 0. The summed E-state index contributed by atoms with van der Waals surface area (Å²) in [4.78, 5) is 22.3. The Morgan fingerprint density at radius 2 is 0.505 bits per heavy atom. The van der Waals surface area contributed by atoms with Crippen molar-refractivity contribution >= 4 is 57.2 Å². The molecule has 0 radical (unpaired) electrons. The van der Waals surface area contributed by atoms with Gasteiger partial charge in [0.25, 0.3) is 6.71 Å². The Labute approximate surface area is 539 Å². The number of hydrogen-bond donors (Lipinski definition) is 0. The quantitative estimate of drug-likeness (QED) is 0.135. The Morgan fingerprint density at radius 3 is 0.791 bits per heavy atom. The first-order valence-electron chi connectivity index (χ1n) is 32.2. The first-order chi connectivity index (χ1) is 43.6. The minimum Gasteiger partial charge on any atom is -0.311 e. The molecule has 0 amide bonds. The van der Waals surface area contributed by atoms with Crippen molar-refractivity contribution in [3.8, 4) is 78.7 Å². The first kappa shape index (κ1) is 58.8. The van der Waals surface area contributed by atoms with E-state index >= 15 is 0 Å². The van der Waals surface area contributed by atoms with Gasteiger partial charge >= 0.3 is 0 Å². The van der Waals surface area contributed by atoms with Crippen LogP contribution in [-0.4, -0.2) is 21.7 Å². The number of para-hydroxylation sites is 2. The molecule has 0 aliphatic carbocycles. The van der Waals surface area contributed by atoms with Gasteiger partial charge in [-0.15, -0.1) is 0 Å². The largest absolute Gasteiger partial charge is 0.311 e. The fraction of sp³-hybridized carbons (Fsp3) is 0.188. The molecule has 0 unspecified atom stereocenters. The molecule has 0 N–H and O–H groups in total. The number of hydrogen-bond acceptors (Lipinski definition) is 5. The Hall–Kier alpha value is -9.91. The molecule has 0 saturated heterocycles. The Morgan fingerprint density at radius 1 is 0.242 bits per heavy atom. The Bertz CT molecular complexity index is 4260. The van der Waals surface area contributed by atoms with Crippen LogP contribution in [0, 0.1) is 0 Å². The van der Waals surface area contributed by atoms with Gasteiger partial charge in [-0.3, -0.25) is 0 Å². The van der Waals surface area contributed by atoms with Crippen LogP contribution in [0.25, 0.3) is 78.7 Å². The molecule has 3 heterocycles. The molecule has 2 aliphatic heterocycles. The molecule has 1 aromatic heterocycles. The number of benzene rings is 11. The van der Waals surface area contributed by atoms with Crippen LogP contribution in [0.4, 0.5) is 34.1 Å². The maximum atomic E-state index is 5.79. The summed E-state index contributed by atoms with van der Waals surface area (Å²) >= 11 is 0. The van der Waals surface area contributed by atoms with E-state index in [4.69, 9.17) is 15.0 Å². The zero-order valence-electron chi connectivity index (χ0n) is 54.6. The minimum absolute atomic E-state index is 0.132. The topological polar surface area (TPSA) is 45.2 Å². The van der Waals surface area contributed by atoms with E-state index in [1.54, 1.807) is 0 Å². The van der Waals surface area contributed by atoms with Gasteiger partial charge in [0.1, 0.15) is 0 Å². The molecule has 0 bridgehead atoms. The molecule has 6 heteroatoms. The lowest BCUT2D eigenvalue weighted by atomic mass is 9.33. The highest BCUT2D eigenvalue weighted by atomic mass is 15.2. The van der Waals surface area contributed by atoms with E-state index in [9.17, 15) is 0 Å². The van der Waals surface area contributed by atoms with E-state index in [1.165, 1.54) is 38.6 Å². The van der Waals surface area contributed by atoms with Gasteiger partial charge in [-0.1, -0.05) is 253 Å². The fourth-order valence-corrected chi connectivity index (χ4v) is 13.3. The average molecular weight is 1180 g/mol. The maximum absolute atomic E-state index is 5.79. The molecule has 2 aliphatic rings.